The third-order valence-corrected chi connectivity index (χ3v) is 7.41. The van der Waals surface area contributed by atoms with Crippen LogP contribution in [0.15, 0.2) is 84.9 Å². The number of benzene rings is 4. The van der Waals surface area contributed by atoms with E-state index in [1.54, 1.807) is 84.9 Å². The number of hydrogen-bond acceptors (Lipinski definition) is 10. The lowest BCUT2D eigenvalue weighted by Crippen LogP contribution is -2.24. The van der Waals surface area contributed by atoms with Crippen molar-refractivity contribution in [2.75, 3.05) is 0 Å². The second-order valence-corrected chi connectivity index (χ2v) is 11.3. The van der Waals surface area contributed by atoms with Crippen LogP contribution in [0.1, 0.15) is 49.9 Å². The molecule has 4 aromatic rings. The Hall–Kier alpha value is -6.60. The second kappa shape index (κ2) is 14.3. The first-order valence-corrected chi connectivity index (χ1v) is 15.5. The Bertz CT molecular complexity index is 1980. The van der Waals surface area contributed by atoms with Gasteiger partial charge in [0, 0.05) is 62.1 Å². The van der Waals surface area contributed by atoms with Gasteiger partial charge in [0.2, 0.25) is 0 Å². The Morgan fingerprint density at radius 1 is 0.480 bits per heavy atom. The molecule has 2 atom stereocenters. The highest BCUT2D eigenvalue weighted by molar-refractivity contribution is 5.91. The van der Waals surface area contributed by atoms with Gasteiger partial charge in [-0.1, -0.05) is 24.3 Å². The zero-order valence-electron chi connectivity index (χ0n) is 27.5. The Morgan fingerprint density at radius 3 is 1.14 bits per heavy atom. The number of hydrogen-bond donors (Lipinski definition) is 0. The van der Waals surface area contributed by atoms with E-state index in [1.807, 2.05) is 12.2 Å². The predicted molar refractivity (Wildman–Crippen MR) is 183 cm³/mol. The third kappa shape index (κ3) is 7.91. The Morgan fingerprint density at radius 2 is 0.800 bits per heavy atom. The molecule has 250 valence electrons. The van der Waals surface area contributed by atoms with Crippen LogP contribution in [-0.4, -0.2) is 36.1 Å². The standard InChI is InChI=1S/C40H30O10/c1-23(41)45-31-11-5-27(6-12-31)35-19-29-9-15-33(47-25(3)43)21-39(29)49-37(35)17-18-38-36(28-7-13-32(14-8-28)46-24(2)42)20-30-10-16-34(48-26(4)44)22-40(30)50-38/h5-16,19-22,37-38H,1-4H3. The number of rotatable bonds is 6. The van der Waals surface area contributed by atoms with E-state index in [0.29, 0.717) is 34.5 Å². The van der Waals surface area contributed by atoms with Crippen molar-refractivity contribution in [2.24, 2.45) is 0 Å². The molecule has 2 heterocycles. The quantitative estimate of drug-likeness (QED) is 0.124. The third-order valence-electron chi connectivity index (χ3n) is 7.41. The molecule has 2 aliphatic heterocycles. The zero-order valence-corrected chi connectivity index (χ0v) is 27.5. The first-order chi connectivity index (χ1) is 24.0. The summed E-state index contributed by atoms with van der Waals surface area (Å²) in [6, 6.07) is 24.1. The lowest BCUT2D eigenvalue weighted by atomic mass is 9.93. The van der Waals surface area contributed by atoms with Gasteiger partial charge in [0.25, 0.3) is 0 Å². The normalized spacial score (nSPS) is 15.5. The maximum Gasteiger partial charge on any atom is 0.308 e. The van der Waals surface area contributed by atoms with Crippen molar-refractivity contribution < 1.29 is 47.6 Å². The molecule has 0 radical (unpaired) electrons. The lowest BCUT2D eigenvalue weighted by Gasteiger charge is -2.26. The lowest BCUT2D eigenvalue weighted by molar-refractivity contribution is -0.132. The molecule has 50 heavy (non-hydrogen) atoms. The van der Waals surface area contributed by atoms with Crippen LogP contribution >= 0.6 is 0 Å². The number of esters is 4. The zero-order chi connectivity index (χ0) is 35.4. The minimum atomic E-state index is -0.806. The molecular formula is C40H30O10. The van der Waals surface area contributed by atoms with Gasteiger partial charge in [0.1, 0.15) is 34.5 Å². The van der Waals surface area contributed by atoms with E-state index in [-0.39, 0.29) is 0 Å². The van der Waals surface area contributed by atoms with Gasteiger partial charge in [-0.2, -0.15) is 0 Å². The molecule has 0 fully saturated rings. The van der Waals surface area contributed by atoms with Crippen molar-refractivity contribution in [2.45, 2.75) is 39.9 Å². The number of carbonyl (C=O) groups excluding carboxylic acids is 4. The maximum atomic E-state index is 11.6. The fourth-order valence-corrected chi connectivity index (χ4v) is 5.40. The molecule has 0 saturated heterocycles. The largest absolute Gasteiger partial charge is 0.472 e. The van der Waals surface area contributed by atoms with E-state index >= 15 is 0 Å². The summed E-state index contributed by atoms with van der Waals surface area (Å²) in [7, 11) is 0. The molecule has 4 aromatic carbocycles. The van der Waals surface area contributed by atoms with Crippen molar-refractivity contribution in [3.8, 4) is 46.3 Å². The molecule has 0 saturated carbocycles. The molecule has 10 heteroatoms. The van der Waals surface area contributed by atoms with E-state index in [2.05, 4.69) is 11.8 Å². The minimum absolute atomic E-state index is 0.323. The van der Waals surface area contributed by atoms with Crippen molar-refractivity contribution >= 4 is 47.2 Å². The Labute approximate surface area is 287 Å². The van der Waals surface area contributed by atoms with Crippen LogP contribution in [0, 0.1) is 11.8 Å². The minimum Gasteiger partial charge on any atom is -0.472 e. The van der Waals surface area contributed by atoms with Crippen LogP contribution < -0.4 is 28.4 Å². The summed E-state index contributed by atoms with van der Waals surface area (Å²) in [5, 5.41) is 0. The van der Waals surface area contributed by atoms with Gasteiger partial charge < -0.3 is 28.4 Å². The van der Waals surface area contributed by atoms with Crippen LogP contribution in [0.4, 0.5) is 0 Å². The van der Waals surface area contributed by atoms with Crippen LogP contribution in [0.5, 0.6) is 34.5 Å². The fourth-order valence-electron chi connectivity index (χ4n) is 5.40. The first kappa shape index (κ1) is 33.3. The molecule has 10 nitrogen and oxygen atoms in total. The maximum absolute atomic E-state index is 11.6. The molecule has 2 unspecified atom stereocenters. The molecule has 0 spiro atoms. The fraction of sp³-hybridized carbons (Fsp3) is 0.150. The first-order valence-electron chi connectivity index (χ1n) is 15.5. The highest BCUT2D eigenvalue weighted by Crippen LogP contribution is 2.39. The summed E-state index contributed by atoms with van der Waals surface area (Å²) in [6.07, 6.45) is 2.26. The van der Waals surface area contributed by atoms with Gasteiger partial charge in [0.15, 0.2) is 12.2 Å². The van der Waals surface area contributed by atoms with Gasteiger partial charge in [-0.25, -0.2) is 0 Å². The van der Waals surface area contributed by atoms with Crippen molar-refractivity contribution in [3.05, 3.63) is 107 Å². The number of ether oxygens (including phenoxy) is 6. The van der Waals surface area contributed by atoms with E-state index in [0.717, 1.165) is 33.4 Å². The summed E-state index contributed by atoms with van der Waals surface area (Å²) in [4.78, 5) is 46.2. The summed E-state index contributed by atoms with van der Waals surface area (Å²) in [6.45, 7) is 5.30. The smallest absolute Gasteiger partial charge is 0.308 e. The Balaban J connectivity index is 1.40. The molecule has 2 aliphatic rings. The van der Waals surface area contributed by atoms with Crippen LogP contribution in [0.3, 0.4) is 0 Å². The second-order valence-electron chi connectivity index (χ2n) is 11.3. The van der Waals surface area contributed by atoms with Crippen LogP contribution in [-0.2, 0) is 19.2 Å². The monoisotopic (exact) mass is 670 g/mol. The average Bonchev–Trinajstić information content (AvgIpc) is 3.06. The van der Waals surface area contributed by atoms with E-state index in [1.165, 1.54) is 27.7 Å². The predicted octanol–water partition coefficient (Wildman–Crippen LogP) is 6.69. The molecule has 0 bridgehead atoms. The summed E-state index contributed by atoms with van der Waals surface area (Å²) >= 11 is 0. The summed E-state index contributed by atoms with van der Waals surface area (Å²) in [5.74, 6) is 7.05. The van der Waals surface area contributed by atoms with E-state index in [9.17, 15) is 19.2 Å². The van der Waals surface area contributed by atoms with Gasteiger partial charge in [0.05, 0.1) is 0 Å². The topological polar surface area (TPSA) is 124 Å². The molecule has 0 N–H and O–H groups in total. The average molecular weight is 671 g/mol. The number of fused-ring (bicyclic) bond motifs is 2. The van der Waals surface area contributed by atoms with Crippen molar-refractivity contribution in [1.82, 2.24) is 0 Å². The Kier molecular flexibility index (Phi) is 9.50. The molecular weight excluding hydrogens is 640 g/mol. The van der Waals surface area contributed by atoms with Crippen molar-refractivity contribution in [3.63, 3.8) is 0 Å². The van der Waals surface area contributed by atoms with Gasteiger partial charge in [-0.3, -0.25) is 19.2 Å². The molecule has 0 aliphatic carbocycles. The highest BCUT2D eigenvalue weighted by Gasteiger charge is 2.27. The molecule has 6 rings (SSSR count). The highest BCUT2D eigenvalue weighted by atomic mass is 16.5. The van der Waals surface area contributed by atoms with Crippen LogP contribution in [0.2, 0.25) is 0 Å². The number of carbonyl (C=O) groups is 4. The molecule has 0 amide bonds. The SMILES string of the molecule is CC(=O)Oc1ccc(C2=Cc3ccc(OC(C)=O)cc3OC2C#CC2Oc3cc(OC(C)=O)ccc3C=C2c2ccc(OC(C)=O)cc2)cc1. The van der Waals surface area contributed by atoms with E-state index < -0.39 is 36.1 Å². The summed E-state index contributed by atoms with van der Waals surface area (Å²) < 4.78 is 33.9. The van der Waals surface area contributed by atoms with E-state index in [4.69, 9.17) is 28.4 Å². The van der Waals surface area contributed by atoms with Gasteiger partial charge >= 0.3 is 23.9 Å². The van der Waals surface area contributed by atoms with Crippen molar-refractivity contribution in [1.29, 1.82) is 0 Å². The van der Waals surface area contributed by atoms with Crippen LogP contribution in [0.25, 0.3) is 23.3 Å². The van der Waals surface area contributed by atoms with Gasteiger partial charge in [-0.15, -0.1) is 0 Å². The summed E-state index contributed by atoms with van der Waals surface area (Å²) in [5.41, 5.74) is 4.48. The van der Waals surface area contributed by atoms with Gasteiger partial charge in [-0.05, 0) is 83.7 Å². The molecule has 0 aromatic heterocycles.